The van der Waals surface area contributed by atoms with Gasteiger partial charge in [0, 0.05) is 5.54 Å². The molecule has 1 aromatic carbocycles. The maximum atomic E-state index is 12.6. The molecule has 2 N–H and O–H groups in total. The minimum Gasteiger partial charge on any atom is -0.326 e. The Labute approximate surface area is 85.1 Å². The lowest BCUT2D eigenvalue weighted by atomic mass is 9.97. The van der Waals surface area contributed by atoms with Crippen LogP contribution in [0.25, 0.3) is 0 Å². The van der Waals surface area contributed by atoms with Gasteiger partial charge in [-0.05, 0) is 50.8 Å². The lowest BCUT2D eigenvalue weighted by molar-refractivity contribution is 0.459. The fourth-order valence-corrected chi connectivity index (χ4v) is 1.40. The monoisotopic (exact) mass is 195 g/mol. The molecule has 0 aliphatic heterocycles. The molecule has 1 aromatic rings. The van der Waals surface area contributed by atoms with Crippen LogP contribution in [0.1, 0.15) is 32.3 Å². The number of halogens is 1. The first-order valence-electron chi connectivity index (χ1n) is 5.01. The summed E-state index contributed by atoms with van der Waals surface area (Å²) in [5, 5.41) is 0. The molecule has 0 radical (unpaired) electrons. The molecule has 0 heterocycles. The van der Waals surface area contributed by atoms with Gasteiger partial charge < -0.3 is 5.73 Å². The van der Waals surface area contributed by atoms with E-state index in [9.17, 15) is 4.39 Å². The van der Waals surface area contributed by atoms with Gasteiger partial charge in [-0.3, -0.25) is 0 Å². The second-order valence-corrected chi connectivity index (χ2v) is 4.47. The Bertz CT molecular complexity index is 271. The van der Waals surface area contributed by atoms with Crippen LogP contribution in [0.2, 0.25) is 0 Å². The smallest absolute Gasteiger partial charge is 0.123 e. The largest absolute Gasteiger partial charge is 0.326 e. The van der Waals surface area contributed by atoms with E-state index in [0.29, 0.717) is 0 Å². The number of hydrogen-bond acceptors (Lipinski definition) is 1. The van der Waals surface area contributed by atoms with E-state index >= 15 is 0 Å². The second-order valence-electron chi connectivity index (χ2n) is 4.47. The van der Waals surface area contributed by atoms with Crippen LogP contribution in [-0.2, 0) is 6.42 Å². The Morgan fingerprint density at radius 2 is 1.79 bits per heavy atom. The van der Waals surface area contributed by atoms with Gasteiger partial charge in [0.1, 0.15) is 5.82 Å². The van der Waals surface area contributed by atoms with Crippen molar-refractivity contribution in [3.05, 3.63) is 35.6 Å². The molecular weight excluding hydrogens is 177 g/mol. The fourth-order valence-electron chi connectivity index (χ4n) is 1.40. The van der Waals surface area contributed by atoms with Gasteiger partial charge in [-0.1, -0.05) is 12.1 Å². The molecule has 0 saturated heterocycles. The quantitative estimate of drug-likeness (QED) is 0.785. The third-order valence-corrected chi connectivity index (χ3v) is 2.20. The molecule has 0 saturated carbocycles. The van der Waals surface area contributed by atoms with E-state index in [-0.39, 0.29) is 11.4 Å². The number of aryl methyl sites for hydroxylation is 1. The number of hydrogen-bond donors (Lipinski definition) is 1. The van der Waals surface area contributed by atoms with Crippen molar-refractivity contribution in [3.63, 3.8) is 0 Å². The van der Waals surface area contributed by atoms with Crippen LogP contribution in [0.5, 0.6) is 0 Å². The van der Waals surface area contributed by atoms with E-state index in [1.54, 1.807) is 0 Å². The molecule has 0 unspecified atom stereocenters. The highest BCUT2D eigenvalue weighted by Gasteiger charge is 2.09. The molecule has 1 rings (SSSR count). The molecule has 1 nitrogen and oxygen atoms in total. The zero-order valence-corrected chi connectivity index (χ0v) is 8.89. The van der Waals surface area contributed by atoms with Crippen molar-refractivity contribution in [3.8, 4) is 0 Å². The zero-order chi connectivity index (χ0) is 10.6. The van der Waals surface area contributed by atoms with Crippen LogP contribution in [0, 0.1) is 5.82 Å². The SMILES string of the molecule is CC(C)(N)CCCc1ccc(F)cc1. The molecule has 0 bridgehead atoms. The summed E-state index contributed by atoms with van der Waals surface area (Å²) in [4.78, 5) is 0. The van der Waals surface area contributed by atoms with Crippen molar-refractivity contribution in [1.29, 1.82) is 0 Å². The summed E-state index contributed by atoms with van der Waals surface area (Å²) in [6.07, 6.45) is 3.01. The van der Waals surface area contributed by atoms with E-state index in [4.69, 9.17) is 5.73 Å². The molecular formula is C12H18FN. The summed E-state index contributed by atoms with van der Waals surface area (Å²) in [6.45, 7) is 4.05. The lowest BCUT2D eigenvalue weighted by Crippen LogP contribution is -2.31. The molecule has 2 heteroatoms. The van der Waals surface area contributed by atoms with Crippen molar-refractivity contribution in [2.24, 2.45) is 5.73 Å². The molecule has 0 atom stereocenters. The third-order valence-electron chi connectivity index (χ3n) is 2.20. The molecule has 14 heavy (non-hydrogen) atoms. The minimum absolute atomic E-state index is 0.0972. The Morgan fingerprint density at radius 3 is 2.29 bits per heavy atom. The van der Waals surface area contributed by atoms with Crippen LogP contribution in [0.15, 0.2) is 24.3 Å². The average molecular weight is 195 g/mol. The highest BCUT2D eigenvalue weighted by atomic mass is 19.1. The van der Waals surface area contributed by atoms with E-state index in [1.807, 2.05) is 26.0 Å². The van der Waals surface area contributed by atoms with Gasteiger partial charge >= 0.3 is 0 Å². The Morgan fingerprint density at radius 1 is 1.21 bits per heavy atom. The van der Waals surface area contributed by atoms with Gasteiger partial charge in [-0.2, -0.15) is 0 Å². The van der Waals surface area contributed by atoms with Gasteiger partial charge in [-0.25, -0.2) is 4.39 Å². The van der Waals surface area contributed by atoms with Gasteiger partial charge in [-0.15, -0.1) is 0 Å². The minimum atomic E-state index is -0.173. The van der Waals surface area contributed by atoms with Crippen LogP contribution >= 0.6 is 0 Å². The summed E-state index contributed by atoms with van der Waals surface area (Å²) >= 11 is 0. The normalized spacial score (nSPS) is 11.7. The standard InChI is InChI=1S/C12H18FN/c1-12(2,14)9-3-4-10-5-7-11(13)8-6-10/h5-8H,3-4,9,14H2,1-2H3. The molecule has 78 valence electrons. The number of nitrogens with two attached hydrogens (primary N) is 1. The first kappa shape index (κ1) is 11.2. The summed E-state index contributed by atoms with van der Waals surface area (Å²) in [5.41, 5.74) is 6.94. The van der Waals surface area contributed by atoms with E-state index in [0.717, 1.165) is 19.3 Å². The molecule has 0 aliphatic carbocycles. The topological polar surface area (TPSA) is 26.0 Å². The summed E-state index contributed by atoms with van der Waals surface area (Å²) in [6, 6.07) is 6.67. The Balaban J connectivity index is 2.35. The Hall–Kier alpha value is -0.890. The van der Waals surface area contributed by atoms with Crippen molar-refractivity contribution < 1.29 is 4.39 Å². The van der Waals surface area contributed by atoms with Crippen molar-refractivity contribution in [2.75, 3.05) is 0 Å². The predicted octanol–water partition coefficient (Wildman–Crippen LogP) is 2.89. The highest BCUT2D eigenvalue weighted by Crippen LogP contribution is 2.12. The molecule has 0 fully saturated rings. The van der Waals surface area contributed by atoms with Crippen LogP contribution in [-0.4, -0.2) is 5.54 Å². The van der Waals surface area contributed by atoms with Crippen molar-refractivity contribution >= 4 is 0 Å². The van der Waals surface area contributed by atoms with Crippen LogP contribution < -0.4 is 5.73 Å². The highest BCUT2D eigenvalue weighted by molar-refractivity contribution is 5.16. The van der Waals surface area contributed by atoms with Gasteiger partial charge in [0.05, 0.1) is 0 Å². The van der Waals surface area contributed by atoms with Crippen molar-refractivity contribution in [2.45, 2.75) is 38.6 Å². The predicted molar refractivity (Wildman–Crippen MR) is 57.6 cm³/mol. The zero-order valence-electron chi connectivity index (χ0n) is 8.89. The maximum absolute atomic E-state index is 12.6. The summed E-state index contributed by atoms with van der Waals surface area (Å²) in [7, 11) is 0. The van der Waals surface area contributed by atoms with Gasteiger partial charge in [0.15, 0.2) is 0 Å². The van der Waals surface area contributed by atoms with Gasteiger partial charge in [0.25, 0.3) is 0 Å². The van der Waals surface area contributed by atoms with Gasteiger partial charge in [0.2, 0.25) is 0 Å². The molecule has 0 amide bonds. The first-order chi connectivity index (χ1) is 6.47. The summed E-state index contributed by atoms with van der Waals surface area (Å²) < 4.78 is 12.6. The average Bonchev–Trinajstić information content (AvgIpc) is 2.06. The number of rotatable bonds is 4. The van der Waals surface area contributed by atoms with E-state index in [1.165, 1.54) is 17.7 Å². The fraction of sp³-hybridized carbons (Fsp3) is 0.500. The Kier molecular flexibility index (Phi) is 3.64. The van der Waals surface area contributed by atoms with E-state index < -0.39 is 0 Å². The molecule has 0 aliphatic rings. The van der Waals surface area contributed by atoms with Crippen molar-refractivity contribution in [1.82, 2.24) is 0 Å². The van der Waals surface area contributed by atoms with Crippen LogP contribution in [0.3, 0.4) is 0 Å². The summed E-state index contributed by atoms with van der Waals surface area (Å²) in [5.74, 6) is -0.173. The number of benzene rings is 1. The maximum Gasteiger partial charge on any atom is 0.123 e. The molecule has 0 spiro atoms. The molecule has 0 aromatic heterocycles. The van der Waals surface area contributed by atoms with E-state index in [2.05, 4.69) is 0 Å². The van der Waals surface area contributed by atoms with Crippen LogP contribution in [0.4, 0.5) is 4.39 Å². The third kappa shape index (κ3) is 4.38. The first-order valence-corrected chi connectivity index (χ1v) is 5.01. The lowest BCUT2D eigenvalue weighted by Gasteiger charge is -2.17. The second kappa shape index (κ2) is 4.56.